The summed E-state index contributed by atoms with van der Waals surface area (Å²) >= 11 is 7.19. The summed E-state index contributed by atoms with van der Waals surface area (Å²) in [5, 5.41) is 11.7. The van der Waals surface area contributed by atoms with Crippen LogP contribution in [0.15, 0.2) is 93.9 Å². The molecule has 0 fully saturated rings. The van der Waals surface area contributed by atoms with Gasteiger partial charge in [-0.25, -0.2) is 38.4 Å². The molecule has 0 radical (unpaired) electrons. The van der Waals surface area contributed by atoms with Crippen molar-refractivity contribution in [2.75, 3.05) is 0 Å². The fourth-order valence-electron chi connectivity index (χ4n) is 10.0. The Kier molecular flexibility index (Phi) is 8.27. The predicted molar refractivity (Wildman–Crippen MR) is 244 cm³/mol. The second kappa shape index (κ2) is 13.6. The minimum absolute atomic E-state index is 0.302. The van der Waals surface area contributed by atoms with Crippen molar-refractivity contribution in [3.8, 4) is 0 Å². The molecule has 0 saturated heterocycles. The highest BCUT2D eigenvalue weighted by Crippen LogP contribution is 2.51. The third-order valence-corrected chi connectivity index (χ3v) is 13.7. The van der Waals surface area contributed by atoms with Crippen molar-refractivity contribution in [3.63, 3.8) is 0 Å². The zero-order chi connectivity index (χ0) is 46.9. The van der Waals surface area contributed by atoms with Gasteiger partial charge in [-0.2, -0.15) is 8.42 Å². The molecule has 0 saturated carbocycles. The van der Waals surface area contributed by atoms with E-state index in [0.717, 1.165) is 64.6 Å². The second-order valence-corrected chi connectivity index (χ2v) is 18.3. The van der Waals surface area contributed by atoms with Gasteiger partial charge in [-0.05, 0) is 91.6 Å². The van der Waals surface area contributed by atoms with E-state index in [1.165, 1.54) is 0 Å². The standard InChI is InChI=1S/C24H6Br2O6.C24H8O6.H2O4S/c25-13-5-12-16-10(22(28)32-24(12)30)4-2-8-18-14(26)6-11-15-9(21(27)31-23(11)29)3-1-7(19(15)18)17(13)20(8)16;25-21-13-5-1-9-10-2-6-15-20-16(24(28)30-23(15)27)8-4-12(18(10)20)11-3-7-14(22(26)29-21)19(13)17(9)11;1-5(2,3)4/h1-6H;1-8H;(H2,1,2,3,4). The number of rotatable bonds is 0. The van der Waals surface area contributed by atoms with Crippen LogP contribution in [-0.4, -0.2) is 65.3 Å². The number of hydrogen-bond donors (Lipinski definition) is 2. The van der Waals surface area contributed by atoms with E-state index in [2.05, 4.69) is 31.9 Å². The van der Waals surface area contributed by atoms with Gasteiger partial charge in [0.05, 0.1) is 44.5 Å². The summed E-state index contributed by atoms with van der Waals surface area (Å²) in [6.07, 6.45) is 0. The van der Waals surface area contributed by atoms with E-state index in [0.29, 0.717) is 75.0 Å². The first kappa shape index (κ1) is 40.7. The Hall–Kier alpha value is -7.81. The summed E-state index contributed by atoms with van der Waals surface area (Å²) in [6.45, 7) is 0. The van der Waals surface area contributed by atoms with Crippen LogP contribution in [0.25, 0.3) is 86.2 Å². The van der Waals surface area contributed by atoms with E-state index >= 15 is 0 Å². The highest BCUT2D eigenvalue weighted by Gasteiger charge is 2.36. The fourth-order valence-corrected chi connectivity index (χ4v) is 11.3. The lowest BCUT2D eigenvalue weighted by Gasteiger charge is -2.24. The number of hydrogen-bond acceptors (Lipinski definition) is 14. The third-order valence-electron chi connectivity index (χ3n) is 12.4. The number of benzene rings is 10. The lowest BCUT2D eigenvalue weighted by Crippen LogP contribution is -2.20. The lowest BCUT2D eigenvalue weighted by atomic mass is 9.83. The molecule has 0 spiro atoms. The molecular weight excluding hydrogens is 1020 g/mol. The van der Waals surface area contributed by atoms with Gasteiger partial charge in [-0.15, -0.1) is 0 Å². The van der Waals surface area contributed by atoms with E-state index in [1.807, 2.05) is 24.3 Å². The van der Waals surface area contributed by atoms with E-state index in [1.54, 1.807) is 60.7 Å². The maximum absolute atomic E-state index is 12.5. The second-order valence-electron chi connectivity index (χ2n) is 15.7. The molecule has 324 valence electrons. The highest BCUT2D eigenvalue weighted by atomic mass is 79.9. The molecule has 19 heteroatoms. The number of carbonyl (C=O) groups is 8. The molecule has 67 heavy (non-hydrogen) atoms. The van der Waals surface area contributed by atoms with Crippen LogP contribution in [-0.2, 0) is 29.3 Å². The topological polar surface area (TPSA) is 248 Å². The van der Waals surface area contributed by atoms with Gasteiger partial charge < -0.3 is 18.9 Å². The van der Waals surface area contributed by atoms with Gasteiger partial charge in [0.1, 0.15) is 0 Å². The molecule has 0 bridgehead atoms. The normalized spacial score (nSPS) is 15.1. The molecule has 2 N–H and O–H groups in total. The third kappa shape index (κ3) is 5.53. The Balaban J connectivity index is 0.000000127. The number of halogens is 2. The number of ether oxygens (including phenoxy) is 4. The molecule has 14 rings (SSSR count). The predicted octanol–water partition coefficient (Wildman–Crippen LogP) is 9.59. The first-order valence-corrected chi connectivity index (χ1v) is 22.4. The van der Waals surface area contributed by atoms with E-state index in [9.17, 15) is 38.4 Å². The number of cyclic esters (lactones) is 8. The molecular formula is C48H16Br2O16S. The van der Waals surface area contributed by atoms with Gasteiger partial charge in [0.2, 0.25) is 0 Å². The van der Waals surface area contributed by atoms with Crippen molar-refractivity contribution in [3.05, 3.63) is 138 Å². The summed E-state index contributed by atoms with van der Waals surface area (Å²) in [6, 6.07) is 24.1. The van der Waals surface area contributed by atoms with Crippen LogP contribution in [0.5, 0.6) is 0 Å². The average Bonchev–Trinajstić information content (AvgIpc) is 3.27. The molecule has 0 aliphatic carbocycles. The van der Waals surface area contributed by atoms with E-state index in [4.69, 9.17) is 36.5 Å². The van der Waals surface area contributed by atoms with Gasteiger partial charge in [0, 0.05) is 52.0 Å². The summed E-state index contributed by atoms with van der Waals surface area (Å²) in [4.78, 5) is 99.2. The Morgan fingerprint density at radius 3 is 0.761 bits per heavy atom. The lowest BCUT2D eigenvalue weighted by molar-refractivity contribution is 0.0373. The smallest absolute Gasteiger partial charge is 0.386 e. The largest absolute Gasteiger partial charge is 0.394 e. The quantitative estimate of drug-likeness (QED) is 0.0358. The van der Waals surface area contributed by atoms with Crippen molar-refractivity contribution in [2.45, 2.75) is 0 Å². The fraction of sp³-hybridized carbons (Fsp3) is 0. The van der Waals surface area contributed by atoms with Crippen molar-refractivity contribution < 1.29 is 74.8 Å². The molecule has 4 aliphatic rings. The van der Waals surface area contributed by atoms with Crippen LogP contribution in [0.4, 0.5) is 0 Å². The Morgan fingerprint density at radius 1 is 0.299 bits per heavy atom. The van der Waals surface area contributed by atoms with Crippen molar-refractivity contribution in [2.24, 2.45) is 0 Å². The number of carbonyl (C=O) groups excluding carboxylic acids is 8. The van der Waals surface area contributed by atoms with Crippen LogP contribution in [0, 0.1) is 0 Å². The van der Waals surface area contributed by atoms with Crippen molar-refractivity contribution >= 4 is 176 Å². The zero-order valence-electron chi connectivity index (χ0n) is 32.9. The van der Waals surface area contributed by atoms with Crippen molar-refractivity contribution in [1.29, 1.82) is 0 Å². The molecule has 0 amide bonds. The average molecular weight is 1040 g/mol. The summed E-state index contributed by atoms with van der Waals surface area (Å²) in [5.74, 6) is -5.44. The van der Waals surface area contributed by atoms with E-state index < -0.39 is 58.2 Å². The van der Waals surface area contributed by atoms with E-state index in [-0.39, 0.29) is 0 Å². The Morgan fingerprint density at radius 2 is 0.507 bits per heavy atom. The SMILES string of the molecule is O=C1OC(=O)c2cc(Br)c3c4ccc5c6c(cc(Br)c(c7ccc1c2c73)c64)C(=O)OC5=O.O=C1OC(=O)c2ccc3c4ccc5c6c(ccc(c7ccc1c2c73)c64)C(=O)OC5=O.O=S(=O)(O)O. The monoisotopic (exact) mass is 1040 g/mol. The van der Waals surface area contributed by atoms with Crippen molar-refractivity contribution in [1.82, 2.24) is 0 Å². The molecule has 0 unspecified atom stereocenters. The minimum Gasteiger partial charge on any atom is -0.386 e. The molecule has 10 aromatic carbocycles. The summed E-state index contributed by atoms with van der Waals surface area (Å²) in [5.41, 5.74) is 2.62. The minimum atomic E-state index is -4.67. The maximum atomic E-state index is 12.5. The number of fused-ring (bicyclic) bond motifs is 4. The van der Waals surface area contributed by atoms with Gasteiger partial charge in [0.25, 0.3) is 0 Å². The Bertz CT molecular complexity index is 3940. The van der Waals surface area contributed by atoms with Crippen LogP contribution >= 0.6 is 31.9 Å². The molecule has 10 aromatic rings. The molecule has 4 aliphatic heterocycles. The van der Waals surface area contributed by atoms with Crippen LogP contribution in [0.1, 0.15) is 82.9 Å². The van der Waals surface area contributed by atoms with Gasteiger partial charge in [-0.1, -0.05) is 68.3 Å². The molecule has 0 atom stereocenters. The molecule has 0 aromatic heterocycles. The van der Waals surface area contributed by atoms with Gasteiger partial charge in [-0.3, -0.25) is 9.11 Å². The highest BCUT2D eigenvalue weighted by molar-refractivity contribution is 9.11. The van der Waals surface area contributed by atoms with Gasteiger partial charge >= 0.3 is 58.2 Å². The van der Waals surface area contributed by atoms with Crippen LogP contribution in [0.2, 0.25) is 0 Å². The van der Waals surface area contributed by atoms with Crippen LogP contribution in [0.3, 0.4) is 0 Å². The number of esters is 8. The summed E-state index contributed by atoms with van der Waals surface area (Å²) < 4.78 is 52.4. The first-order chi connectivity index (χ1) is 31.9. The summed E-state index contributed by atoms with van der Waals surface area (Å²) in [7, 11) is -4.67. The maximum Gasteiger partial charge on any atom is 0.394 e. The molecule has 4 heterocycles. The van der Waals surface area contributed by atoms with Crippen LogP contribution < -0.4 is 0 Å². The van der Waals surface area contributed by atoms with Gasteiger partial charge in [0.15, 0.2) is 0 Å². The molecule has 16 nitrogen and oxygen atoms in total. The zero-order valence-corrected chi connectivity index (χ0v) is 36.8. The Labute approximate surface area is 387 Å². The first-order valence-electron chi connectivity index (χ1n) is 19.5.